The van der Waals surface area contributed by atoms with Gasteiger partial charge < -0.3 is 16.0 Å². The summed E-state index contributed by atoms with van der Waals surface area (Å²) < 4.78 is 14.8. The van der Waals surface area contributed by atoms with E-state index in [9.17, 15) is 24.0 Å². The van der Waals surface area contributed by atoms with Gasteiger partial charge in [0.05, 0.1) is 10.6 Å². The Kier molecular flexibility index (Phi) is 11.3. The van der Waals surface area contributed by atoms with Crippen molar-refractivity contribution in [2.75, 3.05) is 10.6 Å². The number of rotatable bonds is 10. The number of benzene rings is 4. The second-order valence-corrected chi connectivity index (χ2v) is 14.8. The fourth-order valence-electron chi connectivity index (χ4n) is 5.75. The molecule has 256 valence electrons. The van der Waals surface area contributed by atoms with Crippen LogP contribution in [0.25, 0.3) is 6.08 Å². The number of anilines is 2. The van der Waals surface area contributed by atoms with Gasteiger partial charge in [-0.1, -0.05) is 79.2 Å². The third-order valence-electron chi connectivity index (χ3n) is 8.36. The molecule has 51 heavy (non-hydrogen) atoms. The van der Waals surface area contributed by atoms with Gasteiger partial charge in [-0.15, -0.1) is 23.1 Å². The molecule has 0 radical (unpaired) electrons. The van der Waals surface area contributed by atoms with Crippen molar-refractivity contribution in [3.8, 4) is 6.07 Å². The third kappa shape index (κ3) is 8.58. The Morgan fingerprint density at radius 3 is 2.43 bits per heavy atom. The summed E-state index contributed by atoms with van der Waals surface area (Å²) in [5, 5.41) is 18.4. The van der Waals surface area contributed by atoms with E-state index in [1.165, 1.54) is 47.4 Å². The largest absolute Gasteiger partial charge is 0.321 e. The summed E-state index contributed by atoms with van der Waals surface area (Å²) in [6, 6.07) is 31.1. The molecule has 0 spiro atoms. The zero-order valence-corrected chi connectivity index (χ0v) is 29.8. The summed E-state index contributed by atoms with van der Waals surface area (Å²) in [6.45, 7) is 2.20. The van der Waals surface area contributed by atoms with E-state index in [4.69, 9.17) is 11.6 Å². The van der Waals surface area contributed by atoms with Gasteiger partial charge in [0.1, 0.15) is 27.8 Å². The van der Waals surface area contributed by atoms with Crippen LogP contribution in [0.5, 0.6) is 0 Å². The van der Waals surface area contributed by atoms with Gasteiger partial charge in [0, 0.05) is 26.6 Å². The lowest BCUT2D eigenvalue weighted by molar-refractivity contribution is -0.116. The van der Waals surface area contributed by atoms with Crippen molar-refractivity contribution in [1.82, 2.24) is 5.32 Å². The fourth-order valence-corrected chi connectivity index (χ4v) is 8.42. The van der Waals surface area contributed by atoms with Crippen LogP contribution in [0.3, 0.4) is 0 Å². The molecule has 1 aliphatic carbocycles. The first kappa shape index (κ1) is 35.6. The zero-order chi connectivity index (χ0) is 35.9. The molecule has 6 rings (SSSR count). The molecule has 5 aromatic rings. The monoisotopic (exact) mass is 734 g/mol. The second-order valence-electron chi connectivity index (χ2n) is 12.1. The summed E-state index contributed by atoms with van der Waals surface area (Å²) in [6.07, 6.45) is 3.91. The molecular weight excluding hydrogens is 703 g/mol. The lowest BCUT2D eigenvalue weighted by Gasteiger charge is -2.18. The lowest BCUT2D eigenvalue weighted by atomic mass is 9.88. The van der Waals surface area contributed by atoms with Gasteiger partial charge in [-0.2, -0.15) is 5.26 Å². The number of amides is 3. The van der Waals surface area contributed by atoms with Crippen molar-refractivity contribution in [1.29, 1.82) is 5.26 Å². The summed E-state index contributed by atoms with van der Waals surface area (Å²) >= 11 is 9.02. The SMILES string of the molecule is CC1CCc2c(sc(NC(=O)C(Sc3cccc(NC(=O)/C(=C\c4c(F)cccc4Cl)NC(=O)c4ccccc4)c3)c3ccccc3)c2C#N)C1. The summed E-state index contributed by atoms with van der Waals surface area (Å²) in [5.41, 5.74) is 2.74. The molecule has 1 aliphatic rings. The number of fused-ring (bicyclic) bond motifs is 1. The molecule has 0 fully saturated rings. The van der Waals surface area contributed by atoms with E-state index in [1.807, 2.05) is 36.4 Å². The van der Waals surface area contributed by atoms with Crippen molar-refractivity contribution in [3.05, 3.63) is 152 Å². The molecule has 11 heteroatoms. The van der Waals surface area contributed by atoms with Crippen LogP contribution >= 0.6 is 34.7 Å². The molecular formula is C40H32ClFN4O3S2. The molecule has 2 unspecified atom stereocenters. The summed E-state index contributed by atoms with van der Waals surface area (Å²) in [5.74, 6) is -1.69. The highest BCUT2D eigenvalue weighted by molar-refractivity contribution is 8.00. The number of thiophene rings is 1. The summed E-state index contributed by atoms with van der Waals surface area (Å²) in [4.78, 5) is 42.5. The highest BCUT2D eigenvalue weighted by atomic mass is 35.5. The van der Waals surface area contributed by atoms with Crippen molar-refractivity contribution in [3.63, 3.8) is 0 Å². The van der Waals surface area contributed by atoms with Crippen LogP contribution in [0.1, 0.15) is 56.1 Å². The van der Waals surface area contributed by atoms with Gasteiger partial charge in [0.2, 0.25) is 5.91 Å². The Morgan fingerprint density at radius 2 is 1.71 bits per heavy atom. The highest BCUT2D eigenvalue weighted by Crippen LogP contribution is 2.42. The smallest absolute Gasteiger partial charge is 0.272 e. The number of nitrogens with zero attached hydrogens (tertiary/aromatic N) is 1. The number of nitriles is 1. The number of halogens is 2. The number of carbonyl (C=O) groups is 3. The third-order valence-corrected chi connectivity index (χ3v) is 11.1. The van der Waals surface area contributed by atoms with E-state index in [0.717, 1.165) is 35.3 Å². The minimum absolute atomic E-state index is 0.0561. The van der Waals surface area contributed by atoms with E-state index in [1.54, 1.807) is 48.5 Å². The number of thioether (sulfide) groups is 1. The molecule has 0 aliphatic heterocycles. The topological polar surface area (TPSA) is 111 Å². The molecule has 3 amide bonds. The van der Waals surface area contributed by atoms with Gasteiger partial charge in [0.15, 0.2) is 0 Å². The number of hydrogen-bond acceptors (Lipinski definition) is 6. The maximum absolute atomic E-state index is 14.8. The molecule has 1 aromatic heterocycles. The molecule has 0 saturated carbocycles. The van der Waals surface area contributed by atoms with Gasteiger partial charge in [-0.25, -0.2) is 4.39 Å². The zero-order valence-electron chi connectivity index (χ0n) is 27.4. The van der Waals surface area contributed by atoms with Crippen LogP contribution in [0.4, 0.5) is 15.1 Å². The molecule has 3 N–H and O–H groups in total. The van der Waals surface area contributed by atoms with Crippen LogP contribution in [0.15, 0.2) is 114 Å². The number of carbonyl (C=O) groups excluding carboxylic acids is 3. The van der Waals surface area contributed by atoms with E-state index in [2.05, 4.69) is 28.9 Å². The van der Waals surface area contributed by atoms with E-state index in [0.29, 0.717) is 32.6 Å². The molecule has 0 bridgehead atoms. The second kappa shape index (κ2) is 16.2. The maximum atomic E-state index is 14.8. The Bertz CT molecular complexity index is 2150. The standard InChI is InChI=1S/C40H32ClFN4O3S2/c1-24-18-19-29-31(23-43)40(51-35(29)20-24)46-39(49)36(25-10-4-2-5-11-25)50-28-15-8-14-27(21-28)44-38(48)34(22-30-32(41)16-9-17-33(30)42)45-37(47)26-12-6-3-7-13-26/h2-17,21-22,24,36H,18-20H2,1H3,(H,44,48)(H,45,47)(H,46,49)/b34-22+. The summed E-state index contributed by atoms with van der Waals surface area (Å²) in [7, 11) is 0. The minimum atomic E-state index is -0.710. The molecule has 4 aromatic carbocycles. The Balaban J connectivity index is 1.25. The molecule has 2 atom stereocenters. The maximum Gasteiger partial charge on any atom is 0.272 e. The Morgan fingerprint density at radius 1 is 0.980 bits per heavy atom. The quantitative estimate of drug-likeness (QED) is 0.0978. The van der Waals surface area contributed by atoms with Gasteiger partial charge in [-0.3, -0.25) is 14.4 Å². The first-order chi connectivity index (χ1) is 24.7. The average molecular weight is 735 g/mol. The molecule has 0 saturated heterocycles. The van der Waals surface area contributed by atoms with Crippen molar-refractivity contribution >= 4 is 69.2 Å². The lowest BCUT2D eigenvalue weighted by Crippen LogP contribution is -2.30. The fraction of sp³-hybridized carbons (Fsp3) is 0.150. The predicted molar refractivity (Wildman–Crippen MR) is 202 cm³/mol. The number of nitrogens with one attached hydrogen (secondary N) is 3. The highest BCUT2D eigenvalue weighted by Gasteiger charge is 2.28. The van der Waals surface area contributed by atoms with Crippen LogP contribution in [0, 0.1) is 23.1 Å². The van der Waals surface area contributed by atoms with Crippen molar-refractivity contribution in [2.24, 2.45) is 5.92 Å². The van der Waals surface area contributed by atoms with Crippen LogP contribution < -0.4 is 16.0 Å². The molecule has 7 nitrogen and oxygen atoms in total. The van der Waals surface area contributed by atoms with Gasteiger partial charge in [-0.05, 0) is 84.8 Å². The van der Waals surface area contributed by atoms with Crippen LogP contribution in [-0.2, 0) is 22.4 Å². The Labute approximate surface area is 308 Å². The van der Waals surface area contributed by atoms with Crippen LogP contribution in [0.2, 0.25) is 5.02 Å². The number of hydrogen-bond donors (Lipinski definition) is 3. The van der Waals surface area contributed by atoms with E-state index < -0.39 is 22.9 Å². The van der Waals surface area contributed by atoms with Gasteiger partial charge in [0.25, 0.3) is 11.8 Å². The van der Waals surface area contributed by atoms with Crippen molar-refractivity contribution < 1.29 is 18.8 Å². The van der Waals surface area contributed by atoms with E-state index in [-0.39, 0.29) is 22.2 Å². The van der Waals surface area contributed by atoms with Crippen molar-refractivity contribution in [2.45, 2.75) is 36.3 Å². The Hall–Kier alpha value is -5.21. The van der Waals surface area contributed by atoms with E-state index >= 15 is 0 Å². The predicted octanol–water partition coefficient (Wildman–Crippen LogP) is 9.42. The minimum Gasteiger partial charge on any atom is -0.321 e. The average Bonchev–Trinajstić information content (AvgIpc) is 3.48. The van der Waals surface area contributed by atoms with Gasteiger partial charge >= 0.3 is 0 Å². The first-order valence-corrected chi connectivity index (χ1v) is 18.3. The van der Waals surface area contributed by atoms with Crippen LogP contribution in [-0.4, -0.2) is 17.7 Å². The first-order valence-electron chi connectivity index (χ1n) is 16.2. The molecule has 1 heterocycles. The normalized spacial score (nSPS) is 14.5.